The van der Waals surface area contributed by atoms with Gasteiger partial charge in [0, 0.05) is 24.0 Å². The Morgan fingerprint density at radius 2 is 2.20 bits per heavy atom. The number of rotatable bonds is 5. The molecule has 1 amide bonds. The molecule has 1 N–H and O–H groups in total. The molecule has 1 aromatic carbocycles. The van der Waals surface area contributed by atoms with Crippen molar-refractivity contribution in [1.82, 2.24) is 9.88 Å². The van der Waals surface area contributed by atoms with Crippen LogP contribution in [-0.4, -0.2) is 40.6 Å². The number of hydrogen-bond acceptors (Lipinski definition) is 4. The first-order valence-corrected chi connectivity index (χ1v) is 7.53. The maximum absolute atomic E-state index is 12.2. The molecule has 0 spiro atoms. The molecule has 0 radical (unpaired) electrons. The van der Waals surface area contributed by atoms with E-state index in [9.17, 15) is 4.79 Å². The number of benzene rings is 1. The summed E-state index contributed by atoms with van der Waals surface area (Å²) in [5, 5.41) is 12.0. The highest BCUT2D eigenvalue weighted by Gasteiger charge is 2.18. The van der Waals surface area contributed by atoms with Gasteiger partial charge in [-0.05, 0) is 13.0 Å². The van der Waals surface area contributed by atoms with Crippen LogP contribution in [0.4, 0.5) is 0 Å². The smallest absolute Gasteiger partial charge is 0.273 e. The van der Waals surface area contributed by atoms with E-state index in [1.54, 1.807) is 16.3 Å². The van der Waals surface area contributed by atoms with Crippen LogP contribution >= 0.6 is 22.9 Å². The first-order valence-electron chi connectivity index (χ1n) is 6.28. The van der Waals surface area contributed by atoms with E-state index in [0.29, 0.717) is 23.8 Å². The van der Waals surface area contributed by atoms with Crippen molar-refractivity contribution in [3.05, 3.63) is 40.4 Å². The maximum atomic E-state index is 12.2. The quantitative estimate of drug-likeness (QED) is 0.924. The second-order valence-electron chi connectivity index (χ2n) is 4.13. The normalized spacial score (nSPS) is 10.6. The molecule has 106 valence electrons. The van der Waals surface area contributed by atoms with Gasteiger partial charge in [-0.25, -0.2) is 4.98 Å². The second kappa shape index (κ2) is 6.83. The van der Waals surface area contributed by atoms with Crippen molar-refractivity contribution in [3.63, 3.8) is 0 Å². The number of aliphatic hydroxyl groups is 1. The van der Waals surface area contributed by atoms with Gasteiger partial charge in [0.1, 0.15) is 10.7 Å². The standard InChI is InChI=1S/C14H15ClN2O2S/c1-2-17(7-8-18)14(19)12-9-20-13(16-12)10-5-3-4-6-11(10)15/h3-6,9,18H,2,7-8H2,1H3. The van der Waals surface area contributed by atoms with Gasteiger partial charge >= 0.3 is 0 Å². The average molecular weight is 311 g/mol. The molecule has 4 nitrogen and oxygen atoms in total. The minimum absolute atomic E-state index is 0.0545. The fourth-order valence-corrected chi connectivity index (χ4v) is 2.93. The van der Waals surface area contributed by atoms with Crippen LogP contribution in [0.15, 0.2) is 29.6 Å². The molecule has 6 heteroatoms. The molecule has 0 atom stereocenters. The fourth-order valence-electron chi connectivity index (χ4n) is 1.82. The van der Waals surface area contributed by atoms with E-state index in [-0.39, 0.29) is 12.5 Å². The molecule has 2 rings (SSSR count). The van der Waals surface area contributed by atoms with E-state index in [4.69, 9.17) is 16.7 Å². The van der Waals surface area contributed by atoms with Crippen molar-refractivity contribution in [2.24, 2.45) is 0 Å². The van der Waals surface area contributed by atoms with Gasteiger partial charge in [-0.2, -0.15) is 0 Å². The summed E-state index contributed by atoms with van der Waals surface area (Å²) in [6.07, 6.45) is 0. The molecule has 0 saturated carbocycles. The number of hydrogen-bond donors (Lipinski definition) is 1. The molecular weight excluding hydrogens is 296 g/mol. The van der Waals surface area contributed by atoms with Crippen LogP contribution in [0, 0.1) is 0 Å². The predicted molar refractivity (Wildman–Crippen MR) is 81.2 cm³/mol. The van der Waals surface area contributed by atoms with E-state index >= 15 is 0 Å². The van der Waals surface area contributed by atoms with Crippen molar-refractivity contribution >= 4 is 28.8 Å². The molecule has 0 aliphatic rings. The number of carbonyl (C=O) groups excluding carboxylic acids is 1. The molecule has 0 aliphatic heterocycles. The van der Waals surface area contributed by atoms with Crippen LogP contribution in [0.5, 0.6) is 0 Å². The number of halogens is 1. The minimum atomic E-state index is -0.170. The van der Waals surface area contributed by atoms with Crippen LogP contribution in [0.25, 0.3) is 10.6 Å². The van der Waals surface area contributed by atoms with Crippen molar-refractivity contribution in [2.45, 2.75) is 6.92 Å². The molecular formula is C14H15ClN2O2S. The summed E-state index contributed by atoms with van der Waals surface area (Å²) in [6, 6.07) is 7.41. The number of nitrogens with zero attached hydrogens (tertiary/aromatic N) is 2. The Kier molecular flexibility index (Phi) is 5.11. The molecule has 20 heavy (non-hydrogen) atoms. The number of amides is 1. The number of thiazole rings is 1. The maximum Gasteiger partial charge on any atom is 0.273 e. The molecule has 0 saturated heterocycles. The van der Waals surface area contributed by atoms with Gasteiger partial charge in [0.15, 0.2) is 0 Å². The summed E-state index contributed by atoms with van der Waals surface area (Å²) in [4.78, 5) is 18.1. The second-order valence-corrected chi connectivity index (χ2v) is 5.39. The predicted octanol–water partition coefficient (Wildman–Crippen LogP) is 2.92. The van der Waals surface area contributed by atoms with Crippen LogP contribution in [0.2, 0.25) is 5.02 Å². The Hall–Kier alpha value is -1.43. The fraction of sp³-hybridized carbons (Fsp3) is 0.286. The van der Waals surface area contributed by atoms with Crippen molar-refractivity contribution < 1.29 is 9.90 Å². The number of likely N-dealkylation sites (N-methyl/N-ethyl adjacent to an activating group) is 1. The molecule has 2 aromatic rings. The highest BCUT2D eigenvalue weighted by Crippen LogP contribution is 2.30. The number of aliphatic hydroxyl groups excluding tert-OH is 1. The van der Waals surface area contributed by atoms with E-state index in [2.05, 4.69) is 4.98 Å². The van der Waals surface area contributed by atoms with E-state index < -0.39 is 0 Å². The van der Waals surface area contributed by atoms with Crippen LogP contribution in [0.1, 0.15) is 17.4 Å². The lowest BCUT2D eigenvalue weighted by molar-refractivity contribution is 0.0727. The van der Waals surface area contributed by atoms with E-state index in [1.807, 2.05) is 25.1 Å². The first kappa shape index (κ1) is 15.0. The van der Waals surface area contributed by atoms with Crippen molar-refractivity contribution in [2.75, 3.05) is 19.7 Å². The van der Waals surface area contributed by atoms with Crippen LogP contribution < -0.4 is 0 Å². The molecule has 0 unspecified atom stereocenters. The monoisotopic (exact) mass is 310 g/mol. The largest absolute Gasteiger partial charge is 0.395 e. The Labute approximate surface area is 126 Å². The van der Waals surface area contributed by atoms with Gasteiger partial charge in [-0.15, -0.1) is 11.3 Å². The third kappa shape index (κ3) is 3.17. The first-order chi connectivity index (χ1) is 9.67. The molecule has 0 fully saturated rings. The van der Waals surface area contributed by atoms with Gasteiger partial charge in [-0.3, -0.25) is 4.79 Å². The van der Waals surface area contributed by atoms with Crippen LogP contribution in [-0.2, 0) is 0 Å². The Bertz CT molecular complexity index is 600. The zero-order valence-corrected chi connectivity index (χ0v) is 12.6. The summed E-state index contributed by atoms with van der Waals surface area (Å²) in [6.45, 7) is 2.67. The highest BCUT2D eigenvalue weighted by molar-refractivity contribution is 7.13. The van der Waals surface area contributed by atoms with Gasteiger partial charge in [0.05, 0.1) is 11.6 Å². The molecule has 0 bridgehead atoms. The summed E-state index contributed by atoms with van der Waals surface area (Å²) < 4.78 is 0. The lowest BCUT2D eigenvalue weighted by Crippen LogP contribution is -2.33. The van der Waals surface area contributed by atoms with Crippen LogP contribution in [0.3, 0.4) is 0 Å². The third-order valence-electron chi connectivity index (χ3n) is 2.87. The highest BCUT2D eigenvalue weighted by atomic mass is 35.5. The summed E-state index contributed by atoms with van der Waals surface area (Å²) in [5.74, 6) is -0.170. The van der Waals surface area contributed by atoms with E-state index in [0.717, 1.165) is 10.6 Å². The summed E-state index contributed by atoms with van der Waals surface area (Å²) >= 11 is 7.51. The lowest BCUT2D eigenvalue weighted by atomic mass is 10.2. The lowest BCUT2D eigenvalue weighted by Gasteiger charge is -2.18. The topological polar surface area (TPSA) is 53.4 Å². The summed E-state index contributed by atoms with van der Waals surface area (Å²) in [7, 11) is 0. The molecule has 0 aliphatic carbocycles. The average Bonchev–Trinajstić information content (AvgIpc) is 2.94. The van der Waals surface area contributed by atoms with Gasteiger partial charge in [0.2, 0.25) is 0 Å². The zero-order chi connectivity index (χ0) is 14.5. The Morgan fingerprint density at radius 3 is 2.85 bits per heavy atom. The van der Waals surface area contributed by atoms with Gasteiger partial charge < -0.3 is 10.0 Å². The Balaban J connectivity index is 2.25. The van der Waals surface area contributed by atoms with Crippen molar-refractivity contribution in [1.29, 1.82) is 0 Å². The van der Waals surface area contributed by atoms with Gasteiger partial charge in [0.25, 0.3) is 5.91 Å². The number of carbonyl (C=O) groups is 1. The molecule has 1 aromatic heterocycles. The SMILES string of the molecule is CCN(CCO)C(=O)c1csc(-c2ccccc2Cl)n1. The molecule has 1 heterocycles. The minimum Gasteiger partial charge on any atom is -0.395 e. The number of aromatic nitrogens is 1. The van der Waals surface area contributed by atoms with Crippen molar-refractivity contribution in [3.8, 4) is 10.6 Å². The summed E-state index contributed by atoms with van der Waals surface area (Å²) in [5.41, 5.74) is 1.21. The van der Waals surface area contributed by atoms with E-state index in [1.165, 1.54) is 11.3 Å². The zero-order valence-electron chi connectivity index (χ0n) is 11.0. The van der Waals surface area contributed by atoms with Gasteiger partial charge in [-0.1, -0.05) is 29.8 Å². The third-order valence-corrected chi connectivity index (χ3v) is 4.07. The Morgan fingerprint density at radius 1 is 1.45 bits per heavy atom.